The predicted molar refractivity (Wildman–Crippen MR) is 91.2 cm³/mol. The predicted octanol–water partition coefficient (Wildman–Crippen LogP) is 2.60. The second-order valence-electron chi connectivity index (χ2n) is 6.32. The van der Waals surface area contributed by atoms with Gasteiger partial charge in [0.15, 0.2) is 0 Å². The van der Waals surface area contributed by atoms with Gasteiger partial charge >= 0.3 is 0 Å². The van der Waals surface area contributed by atoms with E-state index in [1.165, 1.54) is 0 Å². The van der Waals surface area contributed by atoms with E-state index in [2.05, 4.69) is 23.1 Å². The van der Waals surface area contributed by atoms with Crippen molar-refractivity contribution in [1.29, 1.82) is 0 Å². The monoisotopic (exact) mass is 328 g/mol. The minimum absolute atomic E-state index is 0.00817. The first kappa shape index (κ1) is 16.5. The summed E-state index contributed by atoms with van der Waals surface area (Å²) < 4.78 is 7.26. The van der Waals surface area contributed by atoms with Crippen LogP contribution in [0, 0.1) is 13.8 Å². The Kier molecular flexibility index (Phi) is 4.83. The molecule has 0 saturated carbocycles. The Morgan fingerprint density at radius 3 is 2.92 bits per heavy atom. The molecule has 0 unspecified atom stereocenters. The number of aromatic nitrogens is 3. The van der Waals surface area contributed by atoms with Gasteiger partial charge in [-0.05, 0) is 51.3 Å². The third-order valence-electron chi connectivity index (χ3n) is 4.57. The highest BCUT2D eigenvalue weighted by atomic mass is 16.5. The first-order valence-corrected chi connectivity index (χ1v) is 8.41. The van der Waals surface area contributed by atoms with E-state index in [0.29, 0.717) is 11.4 Å². The van der Waals surface area contributed by atoms with Crippen LogP contribution in [-0.4, -0.2) is 45.3 Å². The molecule has 1 atom stereocenters. The molecule has 6 nitrogen and oxygen atoms in total. The van der Waals surface area contributed by atoms with Gasteiger partial charge in [0.05, 0.1) is 25.4 Å². The number of likely N-dealkylation sites (tertiary alicyclic amines) is 1. The molecule has 2 aromatic rings. The number of amides is 1. The van der Waals surface area contributed by atoms with Crippen molar-refractivity contribution in [2.24, 2.45) is 0 Å². The molecule has 1 aliphatic heterocycles. The van der Waals surface area contributed by atoms with E-state index in [1.54, 1.807) is 25.4 Å². The van der Waals surface area contributed by atoms with Crippen molar-refractivity contribution in [2.45, 2.75) is 45.7 Å². The lowest BCUT2D eigenvalue weighted by atomic mass is 10.0. The van der Waals surface area contributed by atoms with Crippen molar-refractivity contribution >= 4 is 5.91 Å². The fourth-order valence-electron chi connectivity index (χ4n) is 3.39. The molecule has 1 aliphatic rings. The smallest absolute Gasteiger partial charge is 0.259 e. The third-order valence-corrected chi connectivity index (χ3v) is 4.57. The molecule has 0 radical (unpaired) electrons. The van der Waals surface area contributed by atoms with Gasteiger partial charge in [-0.25, -0.2) is 4.98 Å². The summed E-state index contributed by atoms with van der Waals surface area (Å²) in [6, 6.07) is 5.77. The Labute approximate surface area is 142 Å². The highest BCUT2D eigenvalue weighted by Crippen LogP contribution is 2.24. The van der Waals surface area contributed by atoms with E-state index in [-0.39, 0.29) is 11.9 Å². The van der Waals surface area contributed by atoms with Crippen LogP contribution in [0.15, 0.2) is 24.4 Å². The number of carbonyl (C=O) groups excluding carboxylic acids is 1. The average molecular weight is 328 g/mol. The maximum absolute atomic E-state index is 13.0. The zero-order valence-electron chi connectivity index (χ0n) is 14.5. The molecule has 24 heavy (non-hydrogen) atoms. The second-order valence-corrected chi connectivity index (χ2v) is 6.32. The van der Waals surface area contributed by atoms with Crippen molar-refractivity contribution in [1.82, 2.24) is 19.7 Å². The summed E-state index contributed by atoms with van der Waals surface area (Å²) in [4.78, 5) is 19.2. The van der Waals surface area contributed by atoms with Gasteiger partial charge < -0.3 is 9.64 Å². The Bertz CT molecular complexity index is 726. The molecule has 6 heteroatoms. The van der Waals surface area contributed by atoms with Crippen molar-refractivity contribution in [3.63, 3.8) is 0 Å². The molecule has 0 aliphatic carbocycles. The molecular weight excluding hydrogens is 304 g/mol. The summed E-state index contributed by atoms with van der Waals surface area (Å²) in [5.41, 5.74) is 2.67. The van der Waals surface area contributed by atoms with E-state index < -0.39 is 0 Å². The SMILES string of the molecule is COc1ncccc1C(=O)N1CCCC[C@@H]1Cn1nc(C)cc1C. The summed E-state index contributed by atoms with van der Waals surface area (Å²) in [6.45, 7) is 5.54. The van der Waals surface area contributed by atoms with Crippen LogP contribution in [0.2, 0.25) is 0 Å². The molecule has 1 fully saturated rings. The molecule has 0 aromatic carbocycles. The van der Waals surface area contributed by atoms with Crippen LogP contribution in [0.25, 0.3) is 0 Å². The van der Waals surface area contributed by atoms with Gasteiger partial charge in [-0.3, -0.25) is 9.48 Å². The van der Waals surface area contributed by atoms with Gasteiger partial charge in [-0.2, -0.15) is 5.10 Å². The van der Waals surface area contributed by atoms with Gasteiger partial charge in [-0.1, -0.05) is 0 Å². The van der Waals surface area contributed by atoms with Crippen LogP contribution >= 0.6 is 0 Å². The van der Waals surface area contributed by atoms with E-state index in [4.69, 9.17) is 4.74 Å². The Morgan fingerprint density at radius 1 is 1.38 bits per heavy atom. The van der Waals surface area contributed by atoms with Gasteiger partial charge in [0.25, 0.3) is 5.91 Å². The maximum atomic E-state index is 13.0. The van der Waals surface area contributed by atoms with Crippen LogP contribution in [0.4, 0.5) is 0 Å². The maximum Gasteiger partial charge on any atom is 0.259 e. The van der Waals surface area contributed by atoms with E-state index in [9.17, 15) is 4.79 Å². The van der Waals surface area contributed by atoms with E-state index in [1.807, 2.05) is 16.5 Å². The average Bonchev–Trinajstić information content (AvgIpc) is 2.92. The molecule has 3 heterocycles. The number of aryl methyl sites for hydroxylation is 2. The van der Waals surface area contributed by atoms with E-state index >= 15 is 0 Å². The van der Waals surface area contributed by atoms with Crippen LogP contribution < -0.4 is 4.74 Å². The molecule has 1 amide bonds. The van der Waals surface area contributed by atoms with Crippen LogP contribution in [0.1, 0.15) is 41.0 Å². The number of nitrogens with zero attached hydrogens (tertiary/aromatic N) is 4. The minimum Gasteiger partial charge on any atom is -0.480 e. The zero-order chi connectivity index (χ0) is 17.1. The van der Waals surface area contributed by atoms with Crippen molar-refractivity contribution in [2.75, 3.05) is 13.7 Å². The van der Waals surface area contributed by atoms with Crippen molar-refractivity contribution in [3.05, 3.63) is 41.3 Å². The highest BCUT2D eigenvalue weighted by Gasteiger charge is 2.30. The fourth-order valence-corrected chi connectivity index (χ4v) is 3.39. The number of rotatable bonds is 4. The molecule has 1 saturated heterocycles. The number of hydrogen-bond acceptors (Lipinski definition) is 4. The molecule has 0 bridgehead atoms. The summed E-state index contributed by atoms with van der Waals surface area (Å²) in [7, 11) is 1.54. The third kappa shape index (κ3) is 3.27. The Morgan fingerprint density at radius 2 is 2.21 bits per heavy atom. The summed E-state index contributed by atoms with van der Waals surface area (Å²) in [5, 5.41) is 4.55. The summed E-state index contributed by atoms with van der Waals surface area (Å²) in [6.07, 6.45) is 4.80. The Balaban J connectivity index is 1.84. The number of ether oxygens (including phenoxy) is 1. The highest BCUT2D eigenvalue weighted by molar-refractivity contribution is 5.96. The lowest BCUT2D eigenvalue weighted by Crippen LogP contribution is -2.46. The van der Waals surface area contributed by atoms with Gasteiger partial charge in [0.2, 0.25) is 5.88 Å². The van der Waals surface area contributed by atoms with Gasteiger partial charge in [-0.15, -0.1) is 0 Å². The number of methoxy groups -OCH3 is 1. The second kappa shape index (κ2) is 7.03. The standard InChI is InChI=1S/C18H24N4O2/c1-13-11-14(2)22(20-13)12-15-7-4-5-10-21(15)18(23)16-8-6-9-19-17(16)24-3/h6,8-9,11,15H,4-5,7,10,12H2,1-3H3/t15-/m1/s1. The number of pyridine rings is 1. The largest absolute Gasteiger partial charge is 0.480 e. The van der Waals surface area contributed by atoms with Crippen molar-refractivity contribution in [3.8, 4) is 5.88 Å². The lowest BCUT2D eigenvalue weighted by Gasteiger charge is -2.36. The normalized spacial score (nSPS) is 17.8. The lowest BCUT2D eigenvalue weighted by molar-refractivity contribution is 0.0578. The quantitative estimate of drug-likeness (QED) is 0.865. The molecule has 2 aromatic heterocycles. The molecule has 3 rings (SSSR count). The first-order valence-electron chi connectivity index (χ1n) is 8.41. The number of hydrogen-bond donors (Lipinski definition) is 0. The van der Waals surface area contributed by atoms with Crippen molar-refractivity contribution < 1.29 is 9.53 Å². The fraction of sp³-hybridized carbons (Fsp3) is 0.500. The van der Waals surface area contributed by atoms with E-state index in [0.717, 1.165) is 43.7 Å². The number of piperidine rings is 1. The van der Waals surface area contributed by atoms with Crippen LogP contribution in [0.5, 0.6) is 5.88 Å². The van der Waals surface area contributed by atoms with Gasteiger partial charge in [0.1, 0.15) is 5.56 Å². The number of carbonyl (C=O) groups is 1. The minimum atomic E-state index is -0.00817. The molecule has 128 valence electrons. The molecular formula is C18H24N4O2. The van der Waals surface area contributed by atoms with Crippen LogP contribution in [-0.2, 0) is 6.54 Å². The summed E-state index contributed by atoms with van der Waals surface area (Å²) >= 11 is 0. The van der Waals surface area contributed by atoms with Gasteiger partial charge in [0, 0.05) is 18.4 Å². The topological polar surface area (TPSA) is 60.2 Å². The zero-order valence-corrected chi connectivity index (χ0v) is 14.5. The molecule has 0 spiro atoms. The summed E-state index contributed by atoms with van der Waals surface area (Å²) in [5.74, 6) is 0.379. The Hall–Kier alpha value is -2.37. The molecule has 0 N–H and O–H groups in total. The first-order chi connectivity index (χ1) is 11.6. The van der Waals surface area contributed by atoms with Crippen LogP contribution in [0.3, 0.4) is 0 Å².